The number of anilines is 1. The third-order valence-electron chi connectivity index (χ3n) is 5.11. The first-order chi connectivity index (χ1) is 18.6. The van der Waals surface area contributed by atoms with Gasteiger partial charge in [-0.15, -0.1) is 11.3 Å². The largest absolute Gasteiger partial charge is 0.435 e. The molecule has 1 aromatic carbocycles. The number of halogens is 5. The maximum Gasteiger partial charge on any atom is 0.434 e. The number of fused-ring (bicyclic) bond motifs is 1. The van der Waals surface area contributed by atoms with Crippen molar-refractivity contribution < 1.29 is 36.3 Å². The average molecular weight is 567 g/mol. The molecule has 0 bridgehead atoms. The maximum atomic E-state index is 13.1. The SMILES string of the molecule is CCC=O.CCc1c(/C=C/c2nc3ccccn3c2C(=O)Nc2nc(C(F)(F)F)cs2)cccc1OC(F)F. The number of carbonyl (C=O) groups is 2. The molecule has 39 heavy (non-hydrogen) atoms. The number of pyridine rings is 1. The number of hydrogen-bond acceptors (Lipinski definition) is 6. The number of imidazole rings is 1. The van der Waals surface area contributed by atoms with E-state index in [1.54, 1.807) is 49.5 Å². The Balaban J connectivity index is 0.000000983. The molecule has 0 aliphatic carbocycles. The second-order valence-corrected chi connectivity index (χ2v) is 8.59. The number of aldehydes is 1. The van der Waals surface area contributed by atoms with Gasteiger partial charge in [0.25, 0.3) is 5.91 Å². The summed E-state index contributed by atoms with van der Waals surface area (Å²) in [6, 6.07) is 9.76. The lowest BCUT2D eigenvalue weighted by Crippen LogP contribution is -2.16. The molecule has 13 heteroatoms. The van der Waals surface area contributed by atoms with E-state index < -0.39 is 24.4 Å². The molecule has 0 aliphatic heterocycles. The van der Waals surface area contributed by atoms with Crippen LogP contribution >= 0.6 is 11.3 Å². The van der Waals surface area contributed by atoms with Crippen LogP contribution < -0.4 is 10.1 Å². The number of amides is 1. The van der Waals surface area contributed by atoms with Crippen molar-refractivity contribution in [3.63, 3.8) is 0 Å². The molecule has 0 aliphatic rings. The minimum atomic E-state index is -4.63. The van der Waals surface area contributed by atoms with Gasteiger partial charge < -0.3 is 9.53 Å². The van der Waals surface area contributed by atoms with E-state index in [1.807, 2.05) is 6.92 Å². The van der Waals surface area contributed by atoms with Crippen LogP contribution in [0.4, 0.5) is 27.1 Å². The van der Waals surface area contributed by atoms with Crippen LogP contribution in [-0.2, 0) is 17.4 Å². The summed E-state index contributed by atoms with van der Waals surface area (Å²) in [5.41, 5.74) is 0.749. The number of aromatic nitrogens is 3. The summed E-state index contributed by atoms with van der Waals surface area (Å²) in [4.78, 5) is 30.1. The zero-order valence-corrected chi connectivity index (χ0v) is 21.5. The molecule has 0 unspecified atom stereocenters. The van der Waals surface area contributed by atoms with Crippen LogP contribution in [0.15, 0.2) is 48.0 Å². The van der Waals surface area contributed by atoms with Gasteiger partial charge in [-0.05, 0) is 36.3 Å². The van der Waals surface area contributed by atoms with E-state index in [4.69, 9.17) is 0 Å². The van der Waals surface area contributed by atoms with Crippen molar-refractivity contribution >= 4 is 46.5 Å². The molecular weight excluding hydrogens is 543 g/mol. The third kappa shape index (κ3) is 7.47. The van der Waals surface area contributed by atoms with E-state index in [9.17, 15) is 31.5 Å². The van der Waals surface area contributed by atoms with Gasteiger partial charge in [0.15, 0.2) is 10.8 Å². The average Bonchev–Trinajstić information content (AvgIpc) is 3.52. The summed E-state index contributed by atoms with van der Waals surface area (Å²) in [7, 11) is 0. The van der Waals surface area contributed by atoms with Gasteiger partial charge >= 0.3 is 12.8 Å². The van der Waals surface area contributed by atoms with Crippen molar-refractivity contribution in [1.82, 2.24) is 14.4 Å². The van der Waals surface area contributed by atoms with E-state index >= 15 is 0 Å². The predicted molar refractivity (Wildman–Crippen MR) is 138 cm³/mol. The van der Waals surface area contributed by atoms with Crippen molar-refractivity contribution in [2.45, 2.75) is 39.5 Å². The van der Waals surface area contributed by atoms with Crippen LogP contribution in [0, 0.1) is 0 Å². The van der Waals surface area contributed by atoms with E-state index in [0.717, 1.165) is 11.7 Å². The summed E-state index contributed by atoms with van der Waals surface area (Å²) in [6.07, 6.45) is 2.03. The number of benzene rings is 1. The normalized spacial score (nSPS) is 11.5. The third-order valence-corrected chi connectivity index (χ3v) is 5.87. The lowest BCUT2D eigenvalue weighted by atomic mass is 10.0. The minimum absolute atomic E-state index is 0.0434. The Morgan fingerprint density at radius 2 is 1.87 bits per heavy atom. The lowest BCUT2D eigenvalue weighted by Gasteiger charge is -2.11. The molecule has 1 amide bonds. The first kappa shape index (κ1) is 29.4. The fourth-order valence-corrected chi connectivity index (χ4v) is 4.18. The monoisotopic (exact) mass is 566 g/mol. The van der Waals surface area contributed by atoms with Gasteiger partial charge in [-0.1, -0.05) is 38.1 Å². The number of nitrogens with zero attached hydrogens (tertiary/aromatic N) is 3. The van der Waals surface area contributed by atoms with Crippen LogP contribution in [-0.4, -0.2) is 33.2 Å². The fourth-order valence-electron chi connectivity index (χ4n) is 3.47. The Bertz CT molecular complexity index is 1460. The van der Waals surface area contributed by atoms with Crippen LogP contribution in [0.5, 0.6) is 5.75 Å². The van der Waals surface area contributed by atoms with Crippen molar-refractivity contribution in [3.05, 3.63) is 76.2 Å². The summed E-state index contributed by atoms with van der Waals surface area (Å²) in [6.45, 7) is 0.627. The van der Waals surface area contributed by atoms with Crippen molar-refractivity contribution in [2.75, 3.05) is 5.32 Å². The molecule has 0 spiro atoms. The molecule has 7 nitrogen and oxygen atoms in total. The number of hydrogen-bond donors (Lipinski definition) is 1. The summed E-state index contributed by atoms with van der Waals surface area (Å²) in [5.74, 6) is -0.668. The molecule has 4 rings (SSSR count). The van der Waals surface area contributed by atoms with Gasteiger partial charge in [-0.25, -0.2) is 9.97 Å². The molecule has 4 aromatic rings. The van der Waals surface area contributed by atoms with Crippen molar-refractivity contribution in [2.24, 2.45) is 0 Å². The van der Waals surface area contributed by atoms with Gasteiger partial charge in [0.1, 0.15) is 23.4 Å². The molecule has 206 valence electrons. The Morgan fingerprint density at radius 1 is 1.13 bits per heavy atom. The van der Waals surface area contributed by atoms with E-state index in [-0.39, 0.29) is 22.3 Å². The molecule has 0 saturated heterocycles. The molecule has 0 atom stereocenters. The number of carbonyl (C=O) groups excluding carboxylic acids is 2. The zero-order valence-electron chi connectivity index (χ0n) is 20.7. The fraction of sp³-hybridized carbons (Fsp3) is 0.231. The lowest BCUT2D eigenvalue weighted by molar-refractivity contribution is -0.140. The van der Waals surface area contributed by atoms with Crippen LogP contribution in [0.25, 0.3) is 17.8 Å². The maximum absolute atomic E-state index is 13.1. The van der Waals surface area contributed by atoms with Gasteiger partial charge in [0, 0.05) is 23.6 Å². The molecule has 0 fully saturated rings. The second kappa shape index (κ2) is 13.1. The van der Waals surface area contributed by atoms with E-state index in [2.05, 4.69) is 20.0 Å². The Morgan fingerprint density at radius 3 is 2.49 bits per heavy atom. The Kier molecular flexibility index (Phi) is 9.88. The minimum Gasteiger partial charge on any atom is -0.435 e. The van der Waals surface area contributed by atoms with Gasteiger partial charge in [0.05, 0.1) is 5.69 Å². The van der Waals surface area contributed by atoms with Crippen molar-refractivity contribution in [3.8, 4) is 5.75 Å². The molecule has 0 radical (unpaired) electrons. The highest BCUT2D eigenvalue weighted by Crippen LogP contribution is 2.32. The van der Waals surface area contributed by atoms with E-state index in [1.165, 1.54) is 16.5 Å². The number of ether oxygens (including phenoxy) is 1. The molecular formula is C26H23F5N4O3S. The van der Waals surface area contributed by atoms with Gasteiger partial charge in [-0.3, -0.25) is 14.5 Å². The van der Waals surface area contributed by atoms with Crippen LogP contribution in [0.3, 0.4) is 0 Å². The molecule has 0 saturated carbocycles. The van der Waals surface area contributed by atoms with Gasteiger partial charge in [0.2, 0.25) is 0 Å². The van der Waals surface area contributed by atoms with Gasteiger partial charge in [-0.2, -0.15) is 22.0 Å². The quantitative estimate of drug-likeness (QED) is 0.184. The first-order valence-electron chi connectivity index (χ1n) is 11.6. The summed E-state index contributed by atoms with van der Waals surface area (Å²) in [5, 5.41) is 2.99. The Hall–Kier alpha value is -4.13. The zero-order chi connectivity index (χ0) is 28.6. The second-order valence-electron chi connectivity index (χ2n) is 7.73. The number of thiazole rings is 1. The van der Waals surface area contributed by atoms with Crippen molar-refractivity contribution in [1.29, 1.82) is 0 Å². The summed E-state index contributed by atoms with van der Waals surface area (Å²) >= 11 is 0.649. The molecule has 1 N–H and O–H groups in total. The van der Waals surface area contributed by atoms with Crippen LogP contribution in [0.1, 0.15) is 53.3 Å². The Labute approximate surface area is 224 Å². The van der Waals surface area contributed by atoms with Crippen LogP contribution in [0.2, 0.25) is 0 Å². The number of alkyl halides is 5. The molecule has 3 heterocycles. The topological polar surface area (TPSA) is 85.6 Å². The number of rotatable bonds is 8. The standard InChI is InChI=1S/C23H17F5N4O2S.C3H6O/c1-2-14-13(6-5-7-16(14)34-21(24)25)9-10-15-19(32-11-4-3-8-18(32)29-15)20(33)31-22-30-17(12-35-22)23(26,27)28;1-2-3-4/h3-12,21H,2H2,1H3,(H,30,31,33);3H,2H2,1H3/b10-9+;. The molecule has 3 aromatic heterocycles. The smallest absolute Gasteiger partial charge is 0.434 e. The number of nitrogens with one attached hydrogen (secondary N) is 1. The first-order valence-corrected chi connectivity index (χ1v) is 12.5. The highest BCUT2D eigenvalue weighted by molar-refractivity contribution is 7.14. The highest BCUT2D eigenvalue weighted by atomic mass is 32.1. The highest BCUT2D eigenvalue weighted by Gasteiger charge is 2.34. The predicted octanol–water partition coefficient (Wildman–Crippen LogP) is 6.99. The summed E-state index contributed by atoms with van der Waals surface area (Å²) < 4.78 is 70.2. The van der Waals surface area contributed by atoms with E-state index in [0.29, 0.717) is 41.0 Å².